The normalized spacial score (nSPS) is 17.6. The fraction of sp³-hybridized carbons (Fsp3) is 0.400. The Morgan fingerprint density at radius 1 is 1.21 bits per heavy atom. The molecule has 0 spiro atoms. The van der Waals surface area contributed by atoms with Crippen molar-refractivity contribution in [2.45, 2.75) is 32.2 Å². The van der Waals surface area contributed by atoms with E-state index < -0.39 is 0 Å². The van der Waals surface area contributed by atoms with Crippen LogP contribution in [-0.4, -0.2) is 35.9 Å². The minimum atomic E-state index is 0.120. The quantitative estimate of drug-likeness (QED) is 0.856. The Bertz CT molecular complexity index is 669. The van der Waals surface area contributed by atoms with Gasteiger partial charge in [-0.15, -0.1) is 0 Å². The Morgan fingerprint density at radius 3 is 2.67 bits per heavy atom. The molecule has 1 aromatic carbocycles. The molecule has 2 aromatic rings. The maximum absolute atomic E-state index is 12.9. The monoisotopic (exact) mass is 323 g/mol. The molecule has 126 valence electrons. The second-order valence-electron chi connectivity index (χ2n) is 6.34. The van der Waals surface area contributed by atoms with Gasteiger partial charge in [-0.25, -0.2) is 4.98 Å². The molecule has 24 heavy (non-hydrogen) atoms. The van der Waals surface area contributed by atoms with Gasteiger partial charge in [-0.3, -0.25) is 4.79 Å². The highest BCUT2D eigenvalue weighted by molar-refractivity contribution is 5.94. The van der Waals surface area contributed by atoms with Crippen LogP contribution in [0.15, 0.2) is 48.7 Å². The Hall–Kier alpha value is -2.36. The molecule has 0 N–H and O–H groups in total. The van der Waals surface area contributed by atoms with E-state index >= 15 is 0 Å². The molecule has 0 bridgehead atoms. The third kappa shape index (κ3) is 3.42. The number of rotatable bonds is 4. The zero-order valence-corrected chi connectivity index (χ0v) is 14.5. The van der Waals surface area contributed by atoms with Gasteiger partial charge >= 0.3 is 0 Å². The molecular formula is C20H25N3O. The summed E-state index contributed by atoms with van der Waals surface area (Å²) in [6, 6.07) is 13.9. The first-order valence-electron chi connectivity index (χ1n) is 8.74. The van der Waals surface area contributed by atoms with Crippen LogP contribution in [0.2, 0.25) is 0 Å². The molecular weight excluding hydrogens is 298 g/mol. The van der Waals surface area contributed by atoms with Crippen molar-refractivity contribution >= 4 is 11.7 Å². The van der Waals surface area contributed by atoms with E-state index in [4.69, 9.17) is 0 Å². The van der Waals surface area contributed by atoms with Crippen molar-refractivity contribution in [1.82, 2.24) is 9.88 Å². The summed E-state index contributed by atoms with van der Waals surface area (Å²) in [5.41, 5.74) is 1.90. The van der Waals surface area contributed by atoms with Crippen molar-refractivity contribution in [2.24, 2.45) is 0 Å². The van der Waals surface area contributed by atoms with Gasteiger partial charge in [-0.1, -0.05) is 24.3 Å². The lowest BCUT2D eigenvalue weighted by molar-refractivity contribution is 0.0611. The predicted octanol–water partition coefficient (Wildman–Crippen LogP) is 3.91. The van der Waals surface area contributed by atoms with Gasteiger partial charge in [-0.2, -0.15) is 0 Å². The van der Waals surface area contributed by atoms with Crippen LogP contribution in [-0.2, 0) is 0 Å². The molecule has 1 aliphatic heterocycles. The van der Waals surface area contributed by atoms with Gasteiger partial charge in [0.15, 0.2) is 0 Å². The Kier molecular flexibility index (Phi) is 5.14. The van der Waals surface area contributed by atoms with Crippen molar-refractivity contribution in [3.05, 3.63) is 59.8 Å². The van der Waals surface area contributed by atoms with Gasteiger partial charge in [0, 0.05) is 31.9 Å². The second-order valence-corrected chi connectivity index (χ2v) is 6.34. The molecule has 4 nitrogen and oxygen atoms in total. The molecule has 1 aliphatic rings. The van der Waals surface area contributed by atoms with Gasteiger partial charge in [-0.05, 0) is 49.9 Å². The van der Waals surface area contributed by atoms with Crippen LogP contribution in [0.3, 0.4) is 0 Å². The van der Waals surface area contributed by atoms with E-state index in [1.165, 1.54) is 0 Å². The number of carbonyl (C=O) groups excluding carboxylic acids is 1. The smallest absolute Gasteiger partial charge is 0.254 e. The Morgan fingerprint density at radius 2 is 2.00 bits per heavy atom. The van der Waals surface area contributed by atoms with Crippen molar-refractivity contribution in [3.8, 4) is 0 Å². The minimum Gasteiger partial charge on any atom is -0.360 e. The molecule has 2 heterocycles. The van der Waals surface area contributed by atoms with E-state index in [1.807, 2.05) is 48.5 Å². The summed E-state index contributed by atoms with van der Waals surface area (Å²) in [7, 11) is 2.04. The topological polar surface area (TPSA) is 36.4 Å². The summed E-state index contributed by atoms with van der Waals surface area (Å²) < 4.78 is 0. The minimum absolute atomic E-state index is 0.120. The highest BCUT2D eigenvalue weighted by Gasteiger charge is 2.28. The fourth-order valence-corrected chi connectivity index (χ4v) is 3.25. The lowest BCUT2D eigenvalue weighted by atomic mass is 9.95. The number of benzene rings is 1. The summed E-state index contributed by atoms with van der Waals surface area (Å²) in [5.74, 6) is 1.09. The number of anilines is 1. The first kappa shape index (κ1) is 16.5. The summed E-state index contributed by atoms with van der Waals surface area (Å²) in [4.78, 5) is 21.6. The van der Waals surface area contributed by atoms with Crippen LogP contribution in [0.1, 0.15) is 48.1 Å². The molecule has 0 aliphatic carbocycles. The van der Waals surface area contributed by atoms with Gasteiger partial charge < -0.3 is 9.80 Å². The molecule has 1 aromatic heterocycles. The number of nitrogens with zero attached hydrogens (tertiary/aromatic N) is 3. The van der Waals surface area contributed by atoms with E-state index in [1.54, 1.807) is 0 Å². The van der Waals surface area contributed by atoms with Gasteiger partial charge in [0.1, 0.15) is 5.82 Å². The van der Waals surface area contributed by atoms with Gasteiger partial charge in [0.25, 0.3) is 5.91 Å². The Balaban J connectivity index is 1.83. The van der Waals surface area contributed by atoms with Crippen molar-refractivity contribution < 1.29 is 4.79 Å². The molecule has 1 amide bonds. The molecule has 1 saturated heterocycles. The Labute approximate surface area is 144 Å². The summed E-state index contributed by atoms with van der Waals surface area (Å²) in [5, 5.41) is 0. The second kappa shape index (κ2) is 7.47. The number of piperidine rings is 1. The van der Waals surface area contributed by atoms with Crippen LogP contribution in [0.4, 0.5) is 5.82 Å². The average Bonchev–Trinajstić information content (AvgIpc) is 2.67. The summed E-state index contributed by atoms with van der Waals surface area (Å²) in [6.07, 6.45) is 5.16. The maximum atomic E-state index is 12.9. The third-order valence-electron chi connectivity index (χ3n) is 4.81. The maximum Gasteiger partial charge on any atom is 0.254 e. The molecule has 0 radical (unpaired) electrons. The lowest BCUT2D eigenvalue weighted by Crippen LogP contribution is -2.38. The number of hydrogen-bond acceptors (Lipinski definition) is 3. The summed E-state index contributed by atoms with van der Waals surface area (Å²) >= 11 is 0. The first-order valence-corrected chi connectivity index (χ1v) is 8.74. The number of amides is 1. The highest BCUT2D eigenvalue weighted by Crippen LogP contribution is 2.32. The van der Waals surface area contributed by atoms with Crippen LogP contribution in [0.5, 0.6) is 0 Å². The summed E-state index contributed by atoms with van der Waals surface area (Å²) in [6.45, 7) is 3.85. The molecule has 3 rings (SSSR count). The zero-order chi connectivity index (χ0) is 16.9. The van der Waals surface area contributed by atoms with E-state index in [-0.39, 0.29) is 11.9 Å². The van der Waals surface area contributed by atoms with Crippen molar-refractivity contribution in [3.63, 3.8) is 0 Å². The number of carbonyl (C=O) groups is 1. The first-order chi connectivity index (χ1) is 11.7. The average molecular weight is 323 g/mol. The molecule has 0 saturated carbocycles. The predicted molar refractivity (Wildman–Crippen MR) is 97.3 cm³/mol. The van der Waals surface area contributed by atoms with Crippen molar-refractivity contribution in [2.75, 3.05) is 25.0 Å². The van der Waals surface area contributed by atoms with Crippen LogP contribution in [0.25, 0.3) is 0 Å². The highest BCUT2D eigenvalue weighted by atomic mass is 16.2. The zero-order valence-electron chi connectivity index (χ0n) is 14.5. The van der Waals surface area contributed by atoms with Crippen LogP contribution in [0, 0.1) is 0 Å². The largest absolute Gasteiger partial charge is 0.360 e. The molecule has 1 atom stereocenters. The van der Waals surface area contributed by atoms with E-state index in [0.717, 1.165) is 49.3 Å². The van der Waals surface area contributed by atoms with E-state index in [0.29, 0.717) is 0 Å². The lowest BCUT2D eigenvalue weighted by Gasteiger charge is -2.36. The third-order valence-corrected chi connectivity index (χ3v) is 4.81. The SMILES string of the molecule is CCN(C)c1ccc(C2CCCCN2C(=O)c2ccccc2)cn1. The molecule has 1 unspecified atom stereocenters. The molecule has 4 heteroatoms. The van der Waals surface area contributed by atoms with Crippen molar-refractivity contribution in [1.29, 1.82) is 0 Å². The number of likely N-dealkylation sites (tertiary alicyclic amines) is 1. The number of pyridine rings is 1. The van der Waals surface area contributed by atoms with E-state index in [9.17, 15) is 4.79 Å². The van der Waals surface area contributed by atoms with Gasteiger partial charge in [0.2, 0.25) is 0 Å². The molecule has 1 fully saturated rings. The van der Waals surface area contributed by atoms with Gasteiger partial charge in [0.05, 0.1) is 6.04 Å². The van der Waals surface area contributed by atoms with Crippen LogP contribution < -0.4 is 4.90 Å². The number of hydrogen-bond donors (Lipinski definition) is 0. The fourth-order valence-electron chi connectivity index (χ4n) is 3.25. The van der Waals surface area contributed by atoms with Crippen LogP contribution >= 0.6 is 0 Å². The standard InChI is InChI=1S/C20H25N3O/c1-3-22(2)19-13-12-17(15-21-19)18-11-7-8-14-23(18)20(24)16-9-5-4-6-10-16/h4-6,9-10,12-13,15,18H,3,7-8,11,14H2,1-2H3. The number of aromatic nitrogens is 1. The van der Waals surface area contributed by atoms with E-state index in [2.05, 4.69) is 28.9 Å².